The maximum atomic E-state index is 5.60. The first-order valence-corrected chi connectivity index (χ1v) is 7.06. The summed E-state index contributed by atoms with van der Waals surface area (Å²) < 4.78 is 0. The molecule has 0 unspecified atom stereocenters. The van der Waals surface area contributed by atoms with Crippen molar-refractivity contribution in [1.82, 2.24) is 9.88 Å². The summed E-state index contributed by atoms with van der Waals surface area (Å²) in [5.41, 5.74) is 8.28. The van der Waals surface area contributed by atoms with Crippen LogP contribution in [0.15, 0.2) is 12.3 Å². The summed E-state index contributed by atoms with van der Waals surface area (Å²) >= 11 is 0. The molecule has 1 fully saturated rings. The molecule has 2 rings (SSSR count). The average molecular weight is 262 g/mol. The van der Waals surface area contributed by atoms with Gasteiger partial charge >= 0.3 is 0 Å². The van der Waals surface area contributed by atoms with Crippen molar-refractivity contribution in [3.05, 3.63) is 23.4 Å². The number of hydrogen-bond acceptors (Lipinski definition) is 4. The van der Waals surface area contributed by atoms with Crippen LogP contribution >= 0.6 is 0 Å². The lowest BCUT2D eigenvalue weighted by atomic mass is 9.99. The minimum atomic E-state index is 0.197. The quantitative estimate of drug-likeness (QED) is 0.895. The molecule has 4 nitrogen and oxygen atoms in total. The van der Waals surface area contributed by atoms with Crippen LogP contribution in [0.25, 0.3) is 0 Å². The van der Waals surface area contributed by atoms with Gasteiger partial charge in [0.25, 0.3) is 0 Å². The van der Waals surface area contributed by atoms with E-state index in [4.69, 9.17) is 5.73 Å². The molecule has 4 heteroatoms. The number of hydrogen-bond donors (Lipinski definition) is 1. The van der Waals surface area contributed by atoms with Gasteiger partial charge in [0.2, 0.25) is 0 Å². The van der Waals surface area contributed by atoms with Crippen molar-refractivity contribution in [1.29, 1.82) is 0 Å². The predicted molar refractivity (Wildman–Crippen MR) is 80.7 cm³/mol. The van der Waals surface area contributed by atoms with Crippen LogP contribution in [0.2, 0.25) is 0 Å². The van der Waals surface area contributed by atoms with Gasteiger partial charge in [-0.1, -0.05) is 6.07 Å². The van der Waals surface area contributed by atoms with Gasteiger partial charge < -0.3 is 10.6 Å². The molecule has 19 heavy (non-hydrogen) atoms. The van der Waals surface area contributed by atoms with Crippen LogP contribution in [-0.2, 0) is 6.42 Å². The van der Waals surface area contributed by atoms with Crippen molar-refractivity contribution in [2.45, 2.75) is 32.7 Å². The zero-order chi connectivity index (χ0) is 14.0. The Balaban J connectivity index is 2.18. The summed E-state index contributed by atoms with van der Waals surface area (Å²) in [5, 5.41) is 0. The second-order valence-corrected chi connectivity index (χ2v) is 6.18. The van der Waals surface area contributed by atoms with E-state index in [9.17, 15) is 0 Å². The minimum Gasteiger partial charge on any atom is -0.353 e. The van der Waals surface area contributed by atoms with E-state index in [-0.39, 0.29) is 5.54 Å². The Bertz CT molecular complexity index is 442. The highest BCUT2D eigenvalue weighted by molar-refractivity contribution is 5.48. The van der Waals surface area contributed by atoms with E-state index in [1.54, 1.807) is 0 Å². The number of anilines is 1. The van der Waals surface area contributed by atoms with Crippen molar-refractivity contribution >= 4 is 5.82 Å². The van der Waals surface area contributed by atoms with E-state index in [2.05, 4.69) is 48.7 Å². The molecule has 1 saturated heterocycles. The van der Waals surface area contributed by atoms with E-state index in [0.29, 0.717) is 6.54 Å². The highest BCUT2D eigenvalue weighted by atomic mass is 15.3. The lowest BCUT2D eigenvalue weighted by molar-refractivity contribution is 0.138. The number of aryl methyl sites for hydroxylation is 1. The topological polar surface area (TPSA) is 45.4 Å². The number of rotatable bonds is 3. The van der Waals surface area contributed by atoms with E-state index < -0.39 is 0 Å². The van der Waals surface area contributed by atoms with Crippen molar-refractivity contribution in [3.8, 4) is 0 Å². The zero-order valence-electron chi connectivity index (χ0n) is 12.6. The first-order chi connectivity index (χ1) is 8.94. The van der Waals surface area contributed by atoms with Crippen LogP contribution in [0.1, 0.15) is 25.0 Å². The van der Waals surface area contributed by atoms with Gasteiger partial charge in [-0.25, -0.2) is 4.98 Å². The second kappa shape index (κ2) is 5.47. The van der Waals surface area contributed by atoms with Gasteiger partial charge in [-0.2, -0.15) is 0 Å². The summed E-state index contributed by atoms with van der Waals surface area (Å²) in [5.74, 6) is 1.13. The molecule has 1 aromatic rings. The minimum absolute atomic E-state index is 0.197. The van der Waals surface area contributed by atoms with Gasteiger partial charge in [0, 0.05) is 31.4 Å². The first-order valence-electron chi connectivity index (χ1n) is 7.06. The molecule has 0 saturated carbocycles. The SMILES string of the molecule is Cc1cc(CCN)cnc1N1CCN(C)C(C)(C)C1. The van der Waals surface area contributed by atoms with Crippen LogP contribution in [0, 0.1) is 6.92 Å². The van der Waals surface area contributed by atoms with E-state index >= 15 is 0 Å². The zero-order valence-corrected chi connectivity index (χ0v) is 12.6. The van der Waals surface area contributed by atoms with Crippen LogP contribution < -0.4 is 10.6 Å². The molecule has 0 atom stereocenters. The van der Waals surface area contributed by atoms with Gasteiger partial charge in [0.05, 0.1) is 0 Å². The molecule has 106 valence electrons. The van der Waals surface area contributed by atoms with Gasteiger partial charge in [-0.3, -0.25) is 4.90 Å². The fourth-order valence-electron chi connectivity index (χ4n) is 2.68. The molecule has 0 radical (unpaired) electrons. The molecule has 0 spiro atoms. The highest BCUT2D eigenvalue weighted by Crippen LogP contribution is 2.25. The number of nitrogens with two attached hydrogens (primary N) is 1. The average Bonchev–Trinajstić information content (AvgIpc) is 2.33. The fraction of sp³-hybridized carbons (Fsp3) is 0.667. The third-order valence-electron chi connectivity index (χ3n) is 4.16. The molecular formula is C15H26N4. The first kappa shape index (κ1) is 14.3. The Morgan fingerprint density at radius 1 is 1.37 bits per heavy atom. The Hall–Kier alpha value is -1.13. The molecule has 0 bridgehead atoms. The Labute approximate surface area is 116 Å². The lowest BCUT2D eigenvalue weighted by Crippen LogP contribution is -2.58. The largest absolute Gasteiger partial charge is 0.353 e. The van der Waals surface area contributed by atoms with Gasteiger partial charge in [0.1, 0.15) is 5.82 Å². The summed E-state index contributed by atoms with van der Waals surface area (Å²) in [6.07, 6.45) is 2.88. The molecule has 1 aromatic heterocycles. The van der Waals surface area contributed by atoms with Crippen LogP contribution in [0.4, 0.5) is 5.82 Å². The predicted octanol–water partition coefficient (Wildman–Crippen LogP) is 1.42. The van der Waals surface area contributed by atoms with Crippen molar-refractivity contribution in [3.63, 3.8) is 0 Å². The number of likely N-dealkylation sites (N-methyl/N-ethyl adjacent to an activating group) is 1. The van der Waals surface area contributed by atoms with Crippen LogP contribution in [-0.4, -0.2) is 48.6 Å². The van der Waals surface area contributed by atoms with Crippen molar-refractivity contribution in [2.75, 3.05) is 38.1 Å². The third kappa shape index (κ3) is 3.07. The van der Waals surface area contributed by atoms with Crippen LogP contribution in [0.3, 0.4) is 0 Å². The van der Waals surface area contributed by atoms with Gasteiger partial charge in [-0.15, -0.1) is 0 Å². The smallest absolute Gasteiger partial charge is 0.131 e. The van der Waals surface area contributed by atoms with Crippen molar-refractivity contribution in [2.24, 2.45) is 5.73 Å². The fourth-order valence-corrected chi connectivity index (χ4v) is 2.68. The van der Waals surface area contributed by atoms with E-state index in [1.807, 2.05) is 6.20 Å². The molecule has 0 amide bonds. The maximum Gasteiger partial charge on any atom is 0.131 e. The highest BCUT2D eigenvalue weighted by Gasteiger charge is 2.31. The summed E-state index contributed by atoms with van der Waals surface area (Å²) in [4.78, 5) is 9.49. The van der Waals surface area contributed by atoms with E-state index in [1.165, 1.54) is 11.1 Å². The molecule has 1 aliphatic heterocycles. The molecule has 2 heterocycles. The summed E-state index contributed by atoms with van der Waals surface area (Å²) in [7, 11) is 2.20. The van der Waals surface area contributed by atoms with E-state index in [0.717, 1.165) is 31.9 Å². The second-order valence-electron chi connectivity index (χ2n) is 6.18. The molecule has 0 aromatic carbocycles. The molecule has 1 aliphatic rings. The standard InChI is InChI=1S/C15H26N4/c1-12-9-13(5-6-16)10-17-14(12)19-8-7-18(4)15(2,3)11-19/h9-10H,5-8,11,16H2,1-4H3. The molecule has 2 N–H and O–H groups in total. The number of piperazine rings is 1. The van der Waals surface area contributed by atoms with Crippen molar-refractivity contribution < 1.29 is 0 Å². The molecular weight excluding hydrogens is 236 g/mol. The number of nitrogens with zero attached hydrogens (tertiary/aromatic N) is 3. The van der Waals surface area contributed by atoms with Gasteiger partial charge in [0.15, 0.2) is 0 Å². The number of aromatic nitrogens is 1. The summed E-state index contributed by atoms with van der Waals surface area (Å²) in [6, 6.07) is 2.22. The normalized spacial score (nSPS) is 19.7. The monoisotopic (exact) mass is 262 g/mol. The van der Waals surface area contributed by atoms with Gasteiger partial charge in [-0.05, 0) is 51.9 Å². The maximum absolute atomic E-state index is 5.60. The Morgan fingerprint density at radius 2 is 2.11 bits per heavy atom. The molecule has 0 aliphatic carbocycles. The lowest BCUT2D eigenvalue weighted by Gasteiger charge is -2.46. The summed E-state index contributed by atoms with van der Waals surface area (Å²) in [6.45, 7) is 10.6. The third-order valence-corrected chi connectivity index (χ3v) is 4.16. The Kier molecular flexibility index (Phi) is 4.11. The number of pyridine rings is 1. The van der Waals surface area contributed by atoms with Crippen LogP contribution in [0.5, 0.6) is 0 Å². The Morgan fingerprint density at radius 3 is 2.68 bits per heavy atom.